The predicted molar refractivity (Wildman–Crippen MR) is 153 cm³/mol. The smallest absolute Gasteiger partial charge is 0.298 e. The van der Waals surface area contributed by atoms with E-state index in [1.807, 2.05) is 6.92 Å². The van der Waals surface area contributed by atoms with Crippen molar-refractivity contribution in [3.05, 3.63) is 42.0 Å². The number of nitrogens with one attached hydrogen (secondary N) is 1. The van der Waals surface area contributed by atoms with Gasteiger partial charge in [-0.2, -0.15) is 4.98 Å². The number of nitrogen functional groups attached to an aromatic ring is 1. The maximum atomic E-state index is 11.1. The minimum absolute atomic E-state index is 0.0844. The van der Waals surface area contributed by atoms with Crippen molar-refractivity contribution in [3.63, 3.8) is 0 Å². The van der Waals surface area contributed by atoms with Gasteiger partial charge < -0.3 is 30.4 Å². The van der Waals surface area contributed by atoms with Gasteiger partial charge in [-0.05, 0) is 54.9 Å². The molecule has 3 fully saturated rings. The number of imidazole rings is 2. The number of ether oxygens (including phenoxy) is 2. The van der Waals surface area contributed by atoms with Crippen LogP contribution < -0.4 is 5.73 Å². The summed E-state index contributed by atoms with van der Waals surface area (Å²) in [4.78, 5) is 22.7. The minimum atomic E-state index is -1.01. The van der Waals surface area contributed by atoms with Crippen LogP contribution >= 0.6 is 0 Å². The molecule has 1 saturated carbocycles. The number of aliphatic hydroxyl groups excluding tert-OH is 1. The summed E-state index contributed by atoms with van der Waals surface area (Å²) in [7, 11) is 0. The van der Waals surface area contributed by atoms with Crippen LogP contribution in [0.25, 0.3) is 28.3 Å². The number of fused-ring (bicyclic) bond motifs is 3. The molecule has 2 aliphatic heterocycles. The fourth-order valence-corrected chi connectivity index (χ4v) is 6.36. The third kappa shape index (κ3) is 4.45. The van der Waals surface area contributed by atoms with Gasteiger partial charge in [-0.1, -0.05) is 32.9 Å². The molecule has 1 aliphatic carbocycles. The monoisotopic (exact) mass is 560 g/mol. The first-order chi connectivity index (χ1) is 19.6. The van der Waals surface area contributed by atoms with Gasteiger partial charge in [0.15, 0.2) is 23.2 Å². The Morgan fingerprint density at radius 2 is 1.95 bits per heavy atom. The highest BCUT2D eigenvalue weighted by atomic mass is 16.6. The largest absolute Gasteiger partial charge is 0.480 e. The van der Waals surface area contributed by atoms with Gasteiger partial charge in [0.2, 0.25) is 0 Å². The Kier molecular flexibility index (Phi) is 6.09. The Labute approximate surface area is 237 Å². The van der Waals surface area contributed by atoms with Crippen molar-refractivity contribution in [1.82, 2.24) is 34.4 Å². The van der Waals surface area contributed by atoms with Crippen molar-refractivity contribution >= 4 is 34.1 Å². The molecule has 41 heavy (non-hydrogen) atoms. The van der Waals surface area contributed by atoms with E-state index in [2.05, 4.69) is 76.0 Å². The van der Waals surface area contributed by atoms with E-state index < -0.39 is 18.4 Å². The number of nitrogens with zero attached hydrogens (tertiary/aromatic N) is 6. The quantitative estimate of drug-likeness (QED) is 0.292. The van der Waals surface area contributed by atoms with Crippen LogP contribution in [0.3, 0.4) is 0 Å². The number of aliphatic hydroxyl groups is 1. The molecule has 0 spiro atoms. The van der Waals surface area contributed by atoms with Crippen molar-refractivity contribution in [1.29, 1.82) is 0 Å². The molecule has 12 nitrogen and oxygen atoms in total. The summed E-state index contributed by atoms with van der Waals surface area (Å²) in [5.74, 6) is 1.47. The maximum absolute atomic E-state index is 11.1. The molecule has 1 unspecified atom stereocenters. The Balaban J connectivity index is 1.00. The number of nitrogens with two attached hydrogens (primary N) is 1. The van der Waals surface area contributed by atoms with Gasteiger partial charge in [0.25, 0.3) is 6.01 Å². The Morgan fingerprint density at radius 1 is 1.15 bits per heavy atom. The lowest BCUT2D eigenvalue weighted by Gasteiger charge is -2.49. The first-order valence-corrected chi connectivity index (χ1v) is 14.2. The zero-order valence-electron chi connectivity index (χ0n) is 23.6. The molecular weight excluding hydrogens is 524 g/mol. The highest BCUT2D eigenvalue weighted by Crippen LogP contribution is 2.42. The molecule has 1 aromatic carbocycles. The van der Waals surface area contributed by atoms with Gasteiger partial charge in [-0.25, -0.2) is 19.5 Å². The summed E-state index contributed by atoms with van der Waals surface area (Å²) in [5, 5.41) is 21.7. The van der Waals surface area contributed by atoms with Gasteiger partial charge in [-0.3, -0.25) is 4.90 Å². The molecule has 3 aromatic heterocycles. The summed E-state index contributed by atoms with van der Waals surface area (Å²) in [5.41, 5.74) is 9.85. The number of hydrogen-bond acceptors (Lipinski definition) is 10. The summed E-state index contributed by atoms with van der Waals surface area (Å²) < 4.78 is 13.9. The molecule has 12 heteroatoms. The number of H-pyrrole nitrogens is 1. The number of hydrogen-bond donors (Lipinski definition) is 4. The Hall–Kier alpha value is -3.58. The number of allylic oxidation sites excluding steroid dienone is 1. The van der Waals surface area contributed by atoms with E-state index in [0.717, 1.165) is 29.7 Å². The van der Waals surface area contributed by atoms with E-state index in [1.165, 1.54) is 16.5 Å². The number of aromatic amines is 1. The molecule has 7 rings (SSSR count). The molecular formula is C29H36N8O4. The van der Waals surface area contributed by atoms with Crippen LogP contribution in [-0.2, 0) is 14.9 Å². The van der Waals surface area contributed by atoms with Crippen molar-refractivity contribution < 1.29 is 19.7 Å². The Bertz CT molecular complexity index is 1640. The number of benzene rings is 1. The standard InChI is InChI=1S/C29H36N8O4/c1-14-36(17-9-15(10-17)5-8-21-33-18-7-6-16(29(2,3)4)11-19(18)34-21)12-20-24(40-14)23(38)27(41-20)37-26-22(35-28(37)39)25(30)31-13-32-26/h5-8,11,13-15,17,20,23-24,27,38H,9-10,12H2,1-4H3,(H,33,34)(H,35,39)(H2,30,31,32)/b8-5+/t14?,15-,17-,20-,23-,24-,27-/m1/s1. The van der Waals surface area contributed by atoms with Crippen LogP contribution in [0.1, 0.15) is 58.2 Å². The topological polar surface area (TPSA) is 160 Å². The lowest BCUT2D eigenvalue weighted by molar-refractivity contribution is -0.197. The number of aromatic nitrogens is 6. The average molecular weight is 561 g/mol. The highest BCUT2D eigenvalue weighted by Gasteiger charge is 2.52. The van der Waals surface area contributed by atoms with Crippen molar-refractivity contribution in [2.24, 2.45) is 5.92 Å². The van der Waals surface area contributed by atoms with E-state index in [-0.39, 0.29) is 35.1 Å². The summed E-state index contributed by atoms with van der Waals surface area (Å²) >= 11 is 0. The van der Waals surface area contributed by atoms with E-state index in [4.69, 9.17) is 20.2 Å². The molecule has 0 radical (unpaired) electrons. The van der Waals surface area contributed by atoms with Crippen molar-refractivity contribution in [2.75, 3.05) is 12.3 Å². The normalized spacial score (nSPS) is 30.8. The zero-order chi connectivity index (χ0) is 28.6. The molecule has 0 bridgehead atoms. The van der Waals surface area contributed by atoms with Crippen LogP contribution in [0.15, 0.2) is 30.6 Å². The molecule has 5 N–H and O–H groups in total. The summed E-state index contributed by atoms with van der Waals surface area (Å²) in [6.45, 7) is 9.25. The predicted octanol–water partition coefficient (Wildman–Crippen LogP) is 3.09. The molecule has 5 heterocycles. The summed E-state index contributed by atoms with van der Waals surface area (Å²) in [6, 6.07) is 6.45. The molecule has 4 aromatic rings. The van der Waals surface area contributed by atoms with Crippen LogP contribution in [-0.4, -0.2) is 81.7 Å². The van der Waals surface area contributed by atoms with Gasteiger partial charge in [0.05, 0.1) is 11.0 Å². The molecule has 2 saturated heterocycles. The zero-order valence-corrected chi connectivity index (χ0v) is 23.6. The third-order valence-corrected chi connectivity index (χ3v) is 8.77. The second kappa shape index (κ2) is 9.48. The van der Waals surface area contributed by atoms with Crippen LogP contribution in [0.4, 0.5) is 5.82 Å². The average Bonchev–Trinajstić information content (AvgIpc) is 3.55. The van der Waals surface area contributed by atoms with Crippen LogP contribution in [0, 0.1) is 5.92 Å². The van der Waals surface area contributed by atoms with Crippen molar-refractivity contribution in [2.45, 2.75) is 82.8 Å². The first-order valence-electron chi connectivity index (χ1n) is 14.2. The summed E-state index contributed by atoms with van der Waals surface area (Å²) in [6.07, 6.45) is 4.63. The van der Waals surface area contributed by atoms with Gasteiger partial charge in [0, 0.05) is 12.6 Å². The maximum Gasteiger partial charge on any atom is 0.298 e. The fourth-order valence-electron chi connectivity index (χ4n) is 6.36. The fraction of sp³-hybridized carbons (Fsp3) is 0.517. The second-order valence-corrected chi connectivity index (χ2v) is 12.5. The molecule has 3 aliphatic rings. The lowest BCUT2D eigenvalue weighted by Crippen LogP contribution is -2.59. The second-order valence-electron chi connectivity index (χ2n) is 12.5. The van der Waals surface area contributed by atoms with E-state index in [0.29, 0.717) is 24.2 Å². The van der Waals surface area contributed by atoms with Gasteiger partial charge in [0.1, 0.15) is 36.7 Å². The number of rotatable bonds is 4. The molecule has 5 atom stereocenters. The molecule has 0 amide bonds. The highest BCUT2D eigenvalue weighted by molar-refractivity contribution is 5.82. The SMILES string of the molecule is CC1O[C@H]2[C@@H](O)[C@H](n3c(O)nc4c(N)ncnc43)O[C@@H]2CN1[C@H]1C[C@H](/C=C/c2nc3cc(C(C)(C)C)ccc3[nH]2)C1. The van der Waals surface area contributed by atoms with Crippen LogP contribution in [0.2, 0.25) is 0 Å². The van der Waals surface area contributed by atoms with Crippen LogP contribution in [0.5, 0.6) is 6.01 Å². The van der Waals surface area contributed by atoms with E-state index in [9.17, 15) is 10.2 Å². The van der Waals surface area contributed by atoms with Gasteiger partial charge in [-0.15, -0.1) is 0 Å². The third-order valence-electron chi connectivity index (χ3n) is 8.77. The van der Waals surface area contributed by atoms with E-state index in [1.54, 1.807) is 0 Å². The van der Waals surface area contributed by atoms with Gasteiger partial charge >= 0.3 is 0 Å². The Morgan fingerprint density at radius 3 is 2.73 bits per heavy atom. The number of aromatic hydroxyl groups is 1. The first kappa shape index (κ1) is 26.3. The molecule has 216 valence electrons. The minimum Gasteiger partial charge on any atom is -0.480 e. The lowest BCUT2D eigenvalue weighted by atomic mass is 9.78. The number of anilines is 1. The van der Waals surface area contributed by atoms with Crippen molar-refractivity contribution in [3.8, 4) is 6.01 Å². The van der Waals surface area contributed by atoms with E-state index >= 15 is 0 Å².